The van der Waals surface area contributed by atoms with Gasteiger partial charge in [-0.15, -0.1) is 0 Å². The molecule has 6 nitrogen and oxygen atoms in total. The van der Waals surface area contributed by atoms with Gasteiger partial charge in [0, 0.05) is 24.2 Å². The quantitative estimate of drug-likeness (QED) is 0.785. The third kappa shape index (κ3) is 4.23. The number of benzene rings is 1. The number of hydrogen-bond donors (Lipinski definition) is 0. The van der Waals surface area contributed by atoms with E-state index in [1.165, 1.54) is 6.42 Å². The minimum Gasteiger partial charge on any atom is -0.454 e. The van der Waals surface area contributed by atoms with Gasteiger partial charge in [-0.25, -0.2) is 8.42 Å². The van der Waals surface area contributed by atoms with Crippen LogP contribution in [0.15, 0.2) is 18.2 Å². The van der Waals surface area contributed by atoms with E-state index in [9.17, 15) is 13.2 Å². The zero-order chi connectivity index (χ0) is 18.9. The Hall–Kier alpha value is -1.76. The van der Waals surface area contributed by atoms with Crippen molar-refractivity contribution in [3.63, 3.8) is 0 Å². The molecule has 0 bridgehead atoms. The third-order valence-electron chi connectivity index (χ3n) is 5.86. The van der Waals surface area contributed by atoms with Gasteiger partial charge in [-0.1, -0.05) is 19.3 Å². The van der Waals surface area contributed by atoms with E-state index in [0.29, 0.717) is 24.3 Å². The average molecular weight is 394 g/mol. The Morgan fingerprint density at radius 1 is 1.04 bits per heavy atom. The number of rotatable bonds is 4. The highest BCUT2D eigenvalue weighted by molar-refractivity contribution is 7.91. The van der Waals surface area contributed by atoms with Crippen LogP contribution in [0.1, 0.15) is 51.4 Å². The van der Waals surface area contributed by atoms with Gasteiger partial charge in [-0.3, -0.25) is 4.79 Å². The molecule has 1 atom stereocenters. The first-order valence-corrected chi connectivity index (χ1v) is 11.8. The lowest BCUT2D eigenvalue weighted by Crippen LogP contribution is -2.43. The fraction of sp³-hybridized carbons (Fsp3) is 0.650. The summed E-state index contributed by atoms with van der Waals surface area (Å²) in [6.45, 7) is 0.204. The molecule has 1 saturated heterocycles. The Bertz CT molecular complexity index is 801. The molecule has 1 aromatic carbocycles. The highest BCUT2D eigenvalue weighted by Gasteiger charge is 2.32. The van der Waals surface area contributed by atoms with E-state index in [2.05, 4.69) is 0 Å². The molecular formula is C20H27NO5S. The Kier molecular flexibility index (Phi) is 5.30. The van der Waals surface area contributed by atoms with Crippen LogP contribution in [0.25, 0.3) is 0 Å². The summed E-state index contributed by atoms with van der Waals surface area (Å²) >= 11 is 0. The van der Waals surface area contributed by atoms with E-state index in [1.807, 2.05) is 23.1 Å². The second kappa shape index (κ2) is 7.70. The molecule has 2 fully saturated rings. The molecule has 4 rings (SSSR count). The van der Waals surface area contributed by atoms with Gasteiger partial charge < -0.3 is 14.4 Å². The molecule has 3 aliphatic rings. The van der Waals surface area contributed by atoms with Crippen molar-refractivity contribution < 1.29 is 22.7 Å². The van der Waals surface area contributed by atoms with Crippen molar-refractivity contribution >= 4 is 21.4 Å². The van der Waals surface area contributed by atoms with Gasteiger partial charge >= 0.3 is 0 Å². The Labute approximate surface area is 160 Å². The minimum atomic E-state index is -3.01. The first kappa shape index (κ1) is 18.6. The van der Waals surface area contributed by atoms with Gasteiger partial charge in [-0.2, -0.15) is 0 Å². The number of anilines is 1. The lowest BCUT2D eigenvalue weighted by molar-refractivity contribution is -0.120. The zero-order valence-electron chi connectivity index (χ0n) is 15.6. The Balaban J connectivity index is 1.56. The van der Waals surface area contributed by atoms with Crippen molar-refractivity contribution in [2.24, 2.45) is 5.92 Å². The molecule has 148 valence electrons. The lowest BCUT2D eigenvalue weighted by atomic mass is 9.92. The number of sulfone groups is 1. The van der Waals surface area contributed by atoms with E-state index in [-0.39, 0.29) is 36.2 Å². The van der Waals surface area contributed by atoms with Gasteiger partial charge in [0.25, 0.3) is 0 Å². The highest BCUT2D eigenvalue weighted by Crippen LogP contribution is 2.38. The van der Waals surface area contributed by atoms with Crippen LogP contribution in [0.4, 0.5) is 5.69 Å². The fourth-order valence-corrected chi connectivity index (χ4v) is 6.33. The van der Waals surface area contributed by atoms with Crippen LogP contribution in [0.3, 0.4) is 0 Å². The van der Waals surface area contributed by atoms with Crippen molar-refractivity contribution in [2.75, 3.05) is 23.2 Å². The summed E-state index contributed by atoms with van der Waals surface area (Å²) in [7, 11) is -3.01. The lowest BCUT2D eigenvalue weighted by Gasteiger charge is -2.35. The average Bonchev–Trinajstić information content (AvgIpc) is 3.10. The van der Waals surface area contributed by atoms with E-state index in [1.54, 1.807) is 0 Å². The number of fused-ring (bicyclic) bond motifs is 1. The first-order valence-electron chi connectivity index (χ1n) is 9.94. The Morgan fingerprint density at radius 3 is 2.59 bits per heavy atom. The maximum Gasteiger partial charge on any atom is 0.231 e. The molecule has 2 heterocycles. The predicted molar refractivity (Wildman–Crippen MR) is 103 cm³/mol. The molecule has 7 heteroatoms. The molecule has 2 aliphatic heterocycles. The fourth-order valence-electron chi connectivity index (χ4n) is 4.56. The molecule has 1 amide bonds. The molecular weight excluding hydrogens is 366 g/mol. The van der Waals surface area contributed by atoms with Crippen molar-refractivity contribution in [3.8, 4) is 11.5 Å². The summed E-state index contributed by atoms with van der Waals surface area (Å²) in [6, 6.07) is 5.82. The summed E-state index contributed by atoms with van der Waals surface area (Å²) < 4.78 is 34.8. The van der Waals surface area contributed by atoms with Gasteiger partial charge in [-0.05, 0) is 43.7 Å². The van der Waals surface area contributed by atoms with Crippen molar-refractivity contribution in [2.45, 2.75) is 57.4 Å². The number of carbonyl (C=O) groups is 1. The number of ether oxygens (including phenoxy) is 2. The van der Waals surface area contributed by atoms with Gasteiger partial charge in [0.1, 0.15) is 0 Å². The number of nitrogens with zero attached hydrogens (tertiary/aromatic N) is 1. The first-order chi connectivity index (χ1) is 13.0. The van der Waals surface area contributed by atoms with Crippen molar-refractivity contribution in [1.29, 1.82) is 0 Å². The predicted octanol–water partition coefficient (Wildman–Crippen LogP) is 3.30. The maximum absolute atomic E-state index is 13.3. The molecule has 0 spiro atoms. The van der Waals surface area contributed by atoms with Crippen LogP contribution in [0, 0.1) is 5.92 Å². The molecule has 1 aromatic rings. The molecule has 1 unspecified atom stereocenters. The normalized spacial score (nSPS) is 24.5. The summed E-state index contributed by atoms with van der Waals surface area (Å²) in [4.78, 5) is 15.2. The van der Waals surface area contributed by atoms with Gasteiger partial charge in [0.05, 0.1) is 11.5 Å². The van der Waals surface area contributed by atoms with Crippen LogP contribution in [-0.2, 0) is 14.6 Å². The topological polar surface area (TPSA) is 72.9 Å². The second-order valence-electron chi connectivity index (χ2n) is 7.92. The zero-order valence-corrected chi connectivity index (χ0v) is 16.4. The summed E-state index contributed by atoms with van der Waals surface area (Å²) in [6.07, 6.45) is 7.20. The third-order valence-corrected chi connectivity index (χ3v) is 7.75. The van der Waals surface area contributed by atoms with E-state index >= 15 is 0 Å². The van der Waals surface area contributed by atoms with E-state index in [0.717, 1.165) is 37.8 Å². The molecule has 1 saturated carbocycles. The van der Waals surface area contributed by atoms with Crippen LogP contribution >= 0.6 is 0 Å². The summed E-state index contributed by atoms with van der Waals surface area (Å²) in [5, 5.41) is 0. The van der Waals surface area contributed by atoms with Gasteiger partial charge in [0.15, 0.2) is 21.3 Å². The SMILES string of the molecule is O=C(CC1CCCS(=O)(=O)C1)N(c1ccc2c(c1)OCO2)C1CCCCC1. The summed E-state index contributed by atoms with van der Waals surface area (Å²) in [5.74, 6) is 1.72. The number of amides is 1. The second-order valence-corrected chi connectivity index (χ2v) is 10.1. The van der Waals surface area contributed by atoms with Gasteiger partial charge in [0.2, 0.25) is 12.7 Å². The molecule has 0 radical (unpaired) electrons. The largest absolute Gasteiger partial charge is 0.454 e. The van der Waals surface area contributed by atoms with Crippen LogP contribution in [0.5, 0.6) is 11.5 Å². The van der Waals surface area contributed by atoms with Crippen molar-refractivity contribution in [3.05, 3.63) is 18.2 Å². The molecule has 0 N–H and O–H groups in total. The maximum atomic E-state index is 13.3. The van der Waals surface area contributed by atoms with Crippen LogP contribution in [-0.4, -0.2) is 38.7 Å². The van der Waals surface area contributed by atoms with Crippen LogP contribution < -0.4 is 14.4 Å². The molecule has 27 heavy (non-hydrogen) atoms. The standard InChI is InChI=1S/C20H27NO5S/c22-20(11-15-5-4-10-27(23,24)13-15)21(16-6-2-1-3-7-16)17-8-9-18-19(12-17)26-14-25-18/h8-9,12,15-16H,1-7,10-11,13-14H2. The van der Waals surface area contributed by atoms with Crippen LogP contribution in [0.2, 0.25) is 0 Å². The minimum absolute atomic E-state index is 0.0304. The number of hydrogen-bond acceptors (Lipinski definition) is 5. The molecule has 0 aromatic heterocycles. The molecule has 1 aliphatic carbocycles. The summed E-state index contributed by atoms with van der Waals surface area (Å²) in [5.41, 5.74) is 0.829. The van der Waals surface area contributed by atoms with Crippen molar-refractivity contribution in [1.82, 2.24) is 0 Å². The Morgan fingerprint density at radius 2 is 1.81 bits per heavy atom. The smallest absolute Gasteiger partial charge is 0.231 e. The highest BCUT2D eigenvalue weighted by atomic mass is 32.2. The number of carbonyl (C=O) groups excluding carboxylic acids is 1. The monoisotopic (exact) mass is 393 g/mol. The van der Waals surface area contributed by atoms with E-state index in [4.69, 9.17) is 9.47 Å². The van der Waals surface area contributed by atoms with E-state index < -0.39 is 9.84 Å².